The molecule has 0 aliphatic heterocycles. The highest BCUT2D eigenvalue weighted by Gasteiger charge is 2.07. The molecule has 0 fully saturated rings. The summed E-state index contributed by atoms with van der Waals surface area (Å²) in [7, 11) is 0. The highest BCUT2D eigenvalue weighted by molar-refractivity contribution is 7.98. The summed E-state index contributed by atoms with van der Waals surface area (Å²) in [5, 5.41) is 3.47. The Labute approximate surface area is 127 Å². The molecule has 0 aliphatic rings. The summed E-state index contributed by atoms with van der Waals surface area (Å²) in [5.41, 5.74) is 2.32. The van der Waals surface area contributed by atoms with Crippen LogP contribution in [0.2, 0.25) is 0 Å². The van der Waals surface area contributed by atoms with Crippen molar-refractivity contribution < 1.29 is 4.79 Å². The van der Waals surface area contributed by atoms with Gasteiger partial charge < -0.3 is 5.32 Å². The number of aryl methyl sites for hydroxylation is 2. The van der Waals surface area contributed by atoms with Gasteiger partial charge in [0.15, 0.2) is 5.16 Å². The van der Waals surface area contributed by atoms with Gasteiger partial charge in [0, 0.05) is 36.7 Å². The van der Waals surface area contributed by atoms with Gasteiger partial charge in [0.1, 0.15) is 5.82 Å². The number of nitrogens with one attached hydrogen (secondary N) is 1. The van der Waals surface area contributed by atoms with Crippen molar-refractivity contribution in [2.45, 2.75) is 25.4 Å². The summed E-state index contributed by atoms with van der Waals surface area (Å²) in [6.45, 7) is 4.34. The normalized spacial score (nSPS) is 10.4. The van der Waals surface area contributed by atoms with Gasteiger partial charge in [-0.3, -0.25) is 4.79 Å². The van der Waals surface area contributed by atoms with Crippen LogP contribution in [-0.4, -0.2) is 38.6 Å². The SMILES string of the molecule is CSc1ncc(C(=O)NCCc2nc(C)cc(C)n2)cn1. The number of nitrogens with zero attached hydrogens (tertiary/aromatic N) is 4. The van der Waals surface area contributed by atoms with E-state index in [0.29, 0.717) is 23.7 Å². The Morgan fingerprint density at radius 2 is 1.81 bits per heavy atom. The predicted octanol–water partition coefficient (Wildman–Crippen LogP) is 1.58. The van der Waals surface area contributed by atoms with Gasteiger partial charge in [0.25, 0.3) is 5.91 Å². The van der Waals surface area contributed by atoms with Crippen molar-refractivity contribution in [1.82, 2.24) is 25.3 Å². The van der Waals surface area contributed by atoms with Crippen molar-refractivity contribution in [2.24, 2.45) is 0 Å². The van der Waals surface area contributed by atoms with E-state index in [0.717, 1.165) is 17.2 Å². The molecule has 2 aromatic rings. The highest BCUT2D eigenvalue weighted by atomic mass is 32.2. The van der Waals surface area contributed by atoms with Crippen LogP contribution in [0.3, 0.4) is 0 Å². The molecule has 2 rings (SSSR count). The highest BCUT2D eigenvalue weighted by Crippen LogP contribution is 2.07. The van der Waals surface area contributed by atoms with E-state index in [1.165, 1.54) is 24.2 Å². The van der Waals surface area contributed by atoms with Gasteiger partial charge in [-0.1, -0.05) is 11.8 Å². The standard InChI is InChI=1S/C14H17N5OS/c1-9-6-10(2)19-12(18-9)4-5-15-13(20)11-7-16-14(21-3)17-8-11/h6-8H,4-5H2,1-3H3,(H,15,20). The van der Waals surface area contributed by atoms with Crippen LogP contribution in [0.1, 0.15) is 27.6 Å². The average molecular weight is 303 g/mol. The smallest absolute Gasteiger partial charge is 0.254 e. The molecule has 0 aromatic carbocycles. The number of thioether (sulfide) groups is 1. The van der Waals surface area contributed by atoms with E-state index >= 15 is 0 Å². The molecule has 1 amide bonds. The fourth-order valence-electron chi connectivity index (χ4n) is 1.84. The minimum absolute atomic E-state index is 0.188. The van der Waals surface area contributed by atoms with Crippen molar-refractivity contribution in [1.29, 1.82) is 0 Å². The molecule has 0 atom stereocenters. The molecule has 0 radical (unpaired) electrons. The zero-order valence-corrected chi connectivity index (χ0v) is 13.1. The quantitative estimate of drug-likeness (QED) is 0.667. The van der Waals surface area contributed by atoms with Gasteiger partial charge in [0.2, 0.25) is 0 Å². The Bertz CT molecular complexity index is 610. The van der Waals surface area contributed by atoms with Gasteiger partial charge in [-0.05, 0) is 26.2 Å². The molecule has 0 unspecified atom stereocenters. The second-order valence-electron chi connectivity index (χ2n) is 4.53. The first kappa shape index (κ1) is 15.4. The number of hydrogen-bond donors (Lipinski definition) is 1. The summed E-state index contributed by atoms with van der Waals surface area (Å²) < 4.78 is 0. The molecule has 2 heterocycles. The third kappa shape index (κ3) is 4.49. The number of amides is 1. The molecule has 0 spiro atoms. The van der Waals surface area contributed by atoms with E-state index in [-0.39, 0.29) is 5.91 Å². The third-order valence-electron chi connectivity index (χ3n) is 2.74. The predicted molar refractivity (Wildman–Crippen MR) is 81.4 cm³/mol. The number of carbonyl (C=O) groups is 1. The first-order valence-electron chi connectivity index (χ1n) is 6.54. The molecular weight excluding hydrogens is 286 g/mol. The molecule has 0 saturated heterocycles. The summed E-state index contributed by atoms with van der Waals surface area (Å²) in [4.78, 5) is 28.8. The number of carbonyl (C=O) groups excluding carboxylic acids is 1. The number of rotatable bonds is 5. The molecule has 2 aromatic heterocycles. The van der Waals surface area contributed by atoms with Crippen LogP contribution >= 0.6 is 11.8 Å². The monoisotopic (exact) mass is 303 g/mol. The maximum atomic E-state index is 11.9. The van der Waals surface area contributed by atoms with Crippen LogP contribution in [0.5, 0.6) is 0 Å². The van der Waals surface area contributed by atoms with Crippen LogP contribution < -0.4 is 5.32 Å². The molecule has 0 aliphatic carbocycles. The zero-order chi connectivity index (χ0) is 15.2. The maximum Gasteiger partial charge on any atom is 0.254 e. The summed E-state index contributed by atoms with van der Waals surface area (Å²) in [6.07, 6.45) is 5.54. The van der Waals surface area contributed by atoms with Crippen molar-refractivity contribution in [2.75, 3.05) is 12.8 Å². The Hall–Kier alpha value is -2.02. The van der Waals surface area contributed by atoms with Gasteiger partial charge in [-0.15, -0.1) is 0 Å². The first-order chi connectivity index (χ1) is 10.1. The van der Waals surface area contributed by atoms with E-state index in [4.69, 9.17) is 0 Å². The van der Waals surface area contributed by atoms with E-state index in [9.17, 15) is 4.79 Å². The molecular formula is C14H17N5OS. The molecule has 1 N–H and O–H groups in total. The van der Waals surface area contributed by atoms with Gasteiger partial charge >= 0.3 is 0 Å². The lowest BCUT2D eigenvalue weighted by Crippen LogP contribution is -2.26. The Morgan fingerprint density at radius 1 is 1.19 bits per heavy atom. The molecule has 7 heteroatoms. The van der Waals surface area contributed by atoms with Gasteiger partial charge in [-0.25, -0.2) is 19.9 Å². The second-order valence-corrected chi connectivity index (χ2v) is 5.30. The second kappa shape index (κ2) is 7.12. The van der Waals surface area contributed by atoms with Crippen LogP contribution in [0.15, 0.2) is 23.6 Å². The maximum absolute atomic E-state index is 11.9. The lowest BCUT2D eigenvalue weighted by Gasteiger charge is -2.06. The van der Waals surface area contributed by atoms with Crippen LogP contribution in [0, 0.1) is 13.8 Å². The van der Waals surface area contributed by atoms with Gasteiger partial charge in [-0.2, -0.15) is 0 Å². The third-order valence-corrected chi connectivity index (χ3v) is 3.31. The Balaban J connectivity index is 1.88. The van der Waals surface area contributed by atoms with E-state index in [2.05, 4.69) is 25.3 Å². The van der Waals surface area contributed by atoms with Gasteiger partial charge in [0.05, 0.1) is 5.56 Å². The number of aromatic nitrogens is 4. The first-order valence-corrected chi connectivity index (χ1v) is 7.76. The molecule has 0 saturated carbocycles. The van der Waals surface area contributed by atoms with Crippen LogP contribution in [0.25, 0.3) is 0 Å². The summed E-state index contributed by atoms with van der Waals surface area (Å²) in [5.74, 6) is 0.550. The van der Waals surface area contributed by atoms with Crippen molar-refractivity contribution >= 4 is 17.7 Å². The molecule has 110 valence electrons. The zero-order valence-electron chi connectivity index (χ0n) is 12.3. The fourth-order valence-corrected chi connectivity index (χ4v) is 2.16. The summed E-state index contributed by atoms with van der Waals surface area (Å²) >= 11 is 1.44. The Kier molecular flexibility index (Phi) is 5.21. The molecule has 21 heavy (non-hydrogen) atoms. The lowest BCUT2D eigenvalue weighted by atomic mass is 10.3. The fraction of sp³-hybridized carbons (Fsp3) is 0.357. The van der Waals surface area contributed by atoms with Crippen LogP contribution in [-0.2, 0) is 6.42 Å². The topological polar surface area (TPSA) is 80.7 Å². The van der Waals surface area contributed by atoms with E-state index in [1.54, 1.807) is 0 Å². The largest absolute Gasteiger partial charge is 0.351 e. The van der Waals surface area contributed by atoms with E-state index in [1.807, 2.05) is 26.2 Å². The minimum atomic E-state index is -0.188. The van der Waals surface area contributed by atoms with Crippen molar-refractivity contribution in [3.05, 3.63) is 41.2 Å². The average Bonchev–Trinajstić information content (AvgIpc) is 2.46. The summed E-state index contributed by atoms with van der Waals surface area (Å²) in [6, 6.07) is 1.92. The van der Waals surface area contributed by atoms with Crippen molar-refractivity contribution in [3.63, 3.8) is 0 Å². The van der Waals surface area contributed by atoms with E-state index < -0.39 is 0 Å². The van der Waals surface area contributed by atoms with Crippen molar-refractivity contribution in [3.8, 4) is 0 Å². The van der Waals surface area contributed by atoms with Crippen LogP contribution in [0.4, 0.5) is 0 Å². The number of hydrogen-bond acceptors (Lipinski definition) is 6. The molecule has 0 bridgehead atoms. The minimum Gasteiger partial charge on any atom is -0.351 e. The Morgan fingerprint density at radius 3 is 2.38 bits per heavy atom. The lowest BCUT2D eigenvalue weighted by molar-refractivity contribution is 0.0953. The molecule has 6 nitrogen and oxygen atoms in total.